The predicted octanol–water partition coefficient (Wildman–Crippen LogP) is 12.2. The normalized spacial score (nSPS) is 13.1. The minimum absolute atomic E-state index is 0.941. The lowest BCUT2D eigenvalue weighted by Crippen LogP contribution is -2.25. The summed E-state index contributed by atoms with van der Waals surface area (Å²) in [4.78, 5) is 10.5. The van der Waals surface area contributed by atoms with Crippen molar-refractivity contribution in [2.75, 3.05) is 0 Å². The highest BCUT2D eigenvalue weighted by molar-refractivity contribution is 8.25. The maximum Gasteiger partial charge on any atom is 0.147 e. The van der Waals surface area contributed by atoms with E-state index in [4.69, 9.17) is 21.8 Å². The van der Waals surface area contributed by atoms with Gasteiger partial charge in [0.2, 0.25) is 0 Å². The Hall–Kier alpha value is -6.71. The fraction of sp³-hybridized carbons (Fsp3) is 0. The second kappa shape index (κ2) is 12.4. The van der Waals surface area contributed by atoms with Crippen molar-refractivity contribution in [1.82, 2.24) is 14.4 Å². The van der Waals surface area contributed by atoms with Crippen molar-refractivity contribution in [2.45, 2.75) is 0 Å². The molecule has 1 atom stereocenters. The number of rotatable bonds is 4. The van der Waals surface area contributed by atoms with E-state index in [2.05, 4.69) is 192 Å². The molecule has 0 amide bonds. The number of aromatic nitrogens is 3. The third-order valence-corrected chi connectivity index (χ3v) is 16.7. The molecule has 0 N–H and O–H groups in total. The Morgan fingerprint density at radius 2 is 1.09 bits per heavy atom. The van der Waals surface area contributed by atoms with Crippen LogP contribution in [0.3, 0.4) is 0 Å². The van der Waals surface area contributed by atoms with Crippen LogP contribution in [0.1, 0.15) is 0 Å². The monoisotopic (exact) mass is 761 g/mol. The van der Waals surface area contributed by atoms with Gasteiger partial charge in [-0.1, -0.05) is 163 Å². The van der Waals surface area contributed by atoms with Gasteiger partial charge in [0, 0.05) is 39.0 Å². The summed E-state index contributed by atoms with van der Waals surface area (Å²) in [6.07, 6.45) is 2.03. The third-order valence-electron chi connectivity index (χ3n) is 11.8. The van der Waals surface area contributed by atoms with Gasteiger partial charge in [0.1, 0.15) is 5.65 Å². The molecule has 0 bridgehead atoms. The minimum atomic E-state index is -2.45. The molecule has 1 unspecified atom stereocenters. The van der Waals surface area contributed by atoms with Crippen LogP contribution in [0.25, 0.3) is 92.7 Å². The molecule has 266 valence electrons. The smallest absolute Gasteiger partial charge is 0.147 e. The van der Waals surface area contributed by atoms with Crippen LogP contribution < -0.4 is 15.9 Å². The van der Waals surface area contributed by atoms with Gasteiger partial charge < -0.3 is 0 Å². The van der Waals surface area contributed by atoms with Crippen LogP contribution >= 0.6 is 6.04 Å². The van der Waals surface area contributed by atoms with Gasteiger partial charge in [0.25, 0.3) is 0 Å². The lowest BCUT2D eigenvalue weighted by atomic mass is 9.97. The molecule has 12 aromatic rings. The zero-order valence-corrected chi connectivity index (χ0v) is 32.4. The van der Waals surface area contributed by atoms with Gasteiger partial charge in [-0.25, -0.2) is 4.98 Å². The maximum atomic E-state index is 6.85. The molecule has 0 saturated heterocycles. The SMILES string of the molecule is S=P(c1ccccc1)(c1cnc2cc(-c3ccc4nc5c6c7ccccc7ccc6c6cc7ccccc7cc6n5c4c3)ccc2c1)c1cccc2ccccc12. The molecule has 0 radical (unpaired) electrons. The molecule has 0 fully saturated rings. The molecule has 0 aliphatic carbocycles. The molecule has 57 heavy (non-hydrogen) atoms. The molecular weight excluding hydrogens is 730 g/mol. The molecule has 0 aliphatic rings. The fourth-order valence-corrected chi connectivity index (χ4v) is 13.0. The molecule has 3 nitrogen and oxygen atoms in total. The second-order valence-electron chi connectivity index (χ2n) is 14.9. The van der Waals surface area contributed by atoms with E-state index in [-0.39, 0.29) is 0 Å². The van der Waals surface area contributed by atoms with Gasteiger partial charge in [0.05, 0.1) is 22.1 Å². The number of fused-ring (bicyclic) bond motifs is 13. The molecule has 3 heterocycles. The highest BCUT2D eigenvalue weighted by Gasteiger charge is 2.27. The molecular formula is C52H32N3PS. The van der Waals surface area contributed by atoms with E-state index in [0.717, 1.165) is 54.8 Å². The van der Waals surface area contributed by atoms with Gasteiger partial charge >= 0.3 is 0 Å². The van der Waals surface area contributed by atoms with E-state index in [1.165, 1.54) is 53.8 Å². The van der Waals surface area contributed by atoms with Gasteiger partial charge in [0.15, 0.2) is 0 Å². The van der Waals surface area contributed by atoms with Crippen LogP contribution in [0.2, 0.25) is 0 Å². The number of imidazole rings is 1. The summed E-state index contributed by atoms with van der Waals surface area (Å²) in [6.45, 7) is 0. The van der Waals surface area contributed by atoms with Gasteiger partial charge in [-0.05, 0) is 90.5 Å². The quantitative estimate of drug-likeness (QED) is 0.102. The first-order valence-electron chi connectivity index (χ1n) is 19.2. The summed E-state index contributed by atoms with van der Waals surface area (Å²) in [5.41, 5.74) is 7.35. The van der Waals surface area contributed by atoms with E-state index in [9.17, 15) is 0 Å². The largest absolute Gasteiger partial charge is 0.292 e. The molecule has 9 aromatic carbocycles. The van der Waals surface area contributed by atoms with Crippen LogP contribution in [0.15, 0.2) is 194 Å². The predicted molar refractivity (Wildman–Crippen MR) is 247 cm³/mol. The van der Waals surface area contributed by atoms with Gasteiger partial charge in [-0.15, -0.1) is 0 Å². The Morgan fingerprint density at radius 3 is 1.93 bits per heavy atom. The standard InChI is InChI=1S/C52H32N3PS/c57-56(40-16-2-1-3-17-40,50-20-10-15-33-11-6-8-18-42(33)50)41-27-39-22-21-37(29-47(39)53-32-41)38-24-26-46-49(31-38)55-48-30-36-14-5-4-13-35(36)28-45(48)44-25-23-34-12-7-9-19-43(34)51(44)52(55)54-46/h1-32H. The first kappa shape index (κ1) is 32.5. The lowest BCUT2D eigenvalue weighted by molar-refractivity contribution is 1.32. The maximum absolute atomic E-state index is 6.85. The van der Waals surface area contributed by atoms with Crippen LogP contribution in [-0.2, 0) is 11.8 Å². The Labute approximate surface area is 333 Å². The van der Waals surface area contributed by atoms with E-state index < -0.39 is 6.04 Å². The average Bonchev–Trinajstić information content (AvgIpc) is 3.67. The Morgan fingerprint density at radius 1 is 0.421 bits per heavy atom. The highest BCUT2D eigenvalue weighted by atomic mass is 32.4. The Bertz CT molecular complexity index is 3680. The number of nitrogens with zero attached hydrogens (tertiary/aromatic N) is 3. The Balaban J connectivity index is 1.05. The highest BCUT2D eigenvalue weighted by Crippen LogP contribution is 2.45. The number of benzene rings is 9. The van der Waals surface area contributed by atoms with E-state index in [0.29, 0.717) is 0 Å². The zero-order valence-electron chi connectivity index (χ0n) is 30.7. The zero-order chi connectivity index (χ0) is 37.7. The summed E-state index contributed by atoms with van der Waals surface area (Å²) in [5, 5.41) is 15.4. The van der Waals surface area contributed by atoms with Gasteiger partial charge in [-0.3, -0.25) is 9.38 Å². The summed E-state index contributed by atoms with van der Waals surface area (Å²) in [7, 11) is 0. The van der Waals surface area contributed by atoms with Crippen molar-refractivity contribution >= 4 is 115 Å². The van der Waals surface area contributed by atoms with E-state index >= 15 is 0 Å². The number of hydrogen-bond acceptors (Lipinski definition) is 3. The number of hydrogen-bond donors (Lipinski definition) is 0. The van der Waals surface area contributed by atoms with Crippen LogP contribution in [0, 0.1) is 0 Å². The van der Waals surface area contributed by atoms with Crippen LogP contribution in [-0.4, -0.2) is 14.4 Å². The minimum Gasteiger partial charge on any atom is -0.292 e. The van der Waals surface area contributed by atoms with Crippen molar-refractivity contribution in [2.24, 2.45) is 0 Å². The van der Waals surface area contributed by atoms with Crippen molar-refractivity contribution < 1.29 is 0 Å². The van der Waals surface area contributed by atoms with Crippen molar-refractivity contribution in [3.63, 3.8) is 0 Å². The topological polar surface area (TPSA) is 30.2 Å². The fourth-order valence-electron chi connectivity index (χ4n) is 9.04. The van der Waals surface area contributed by atoms with E-state index in [1.807, 2.05) is 6.20 Å². The van der Waals surface area contributed by atoms with Gasteiger partial charge in [-0.2, -0.15) is 0 Å². The first-order chi connectivity index (χ1) is 28.1. The molecule has 0 saturated carbocycles. The van der Waals surface area contributed by atoms with Crippen LogP contribution in [0.5, 0.6) is 0 Å². The molecule has 0 spiro atoms. The summed E-state index contributed by atoms with van der Waals surface area (Å²) < 4.78 is 2.38. The van der Waals surface area contributed by atoms with Crippen molar-refractivity contribution in [3.05, 3.63) is 194 Å². The summed E-state index contributed by atoms with van der Waals surface area (Å²) >= 11 is 6.85. The van der Waals surface area contributed by atoms with E-state index in [1.54, 1.807) is 0 Å². The van der Waals surface area contributed by atoms with Crippen molar-refractivity contribution in [1.29, 1.82) is 0 Å². The molecule has 3 aromatic heterocycles. The summed E-state index contributed by atoms with van der Waals surface area (Å²) in [6, 6.07) is 65.3. The summed E-state index contributed by atoms with van der Waals surface area (Å²) in [5.74, 6) is 0. The molecule has 5 heteroatoms. The second-order valence-corrected chi connectivity index (χ2v) is 19.3. The third kappa shape index (κ3) is 4.88. The molecule has 12 rings (SSSR count). The lowest BCUT2D eigenvalue weighted by Gasteiger charge is -2.25. The molecule has 0 aliphatic heterocycles. The van der Waals surface area contributed by atoms with Crippen LogP contribution in [0.4, 0.5) is 0 Å². The number of pyridine rings is 2. The Kier molecular flexibility index (Phi) is 7.07. The van der Waals surface area contributed by atoms with Crippen molar-refractivity contribution in [3.8, 4) is 11.1 Å². The first-order valence-corrected chi connectivity index (χ1v) is 22.0. The average molecular weight is 762 g/mol.